The van der Waals surface area contributed by atoms with E-state index in [2.05, 4.69) is 10.3 Å². The SMILES string of the molecule is CN=C(N)NCCS(=O)(=O)c1ccccc1.I. The van der Waals surface area contributed by atoms with Gasteiger partial charge in [0.2, 0.25) is 0 Å². The minimum absolute atomic E-state index is 0. The molecule has 1 aromatic carbocycles. The number of nitrogens with one attached hydrogen (secondary N) is 1. The second kappa shape index (κ2) is 7.49. The third-order valence-electron chi connectivity index (χ3n) is 2.02. The number of hydrogen-bond donors (Lipinski definition) is 2. The molecule has 0 atom stereocenters. The summed E-state index contributed by atoms with van der Waals surface area (Å²) in [6, 6.07) is 8.32. The first-order valence-electron chi connectivity index (χ1n) is 4.80. The van der Waals surface area contributed by atoms with Gasteiger partial charge in [-0.3, -0.25) is 4.99 Å². The smallest absolute Gasteiger partial charge is 0.188 e. The van der Waals surface area contributed by atoms with Gasteiger partial charge in [-0.05, 0) is 12.1 Å². The second-order valence-electron chi connectivity index (χ2n) is 3.17. The van der Waals surface area contributed by atoms with Crippen molar-refractivity contribution in [2.24, 2.45) is 10.7 Å². The molecule has 1 rings (SSSR count). The van der Waals surface area contributed by atoms with Crippen molar-refractivity contribution in [1.29, 1.82) is 0 Å². The monoisotopic (exact) mass is 369 g/mol. The van der Waals surface area contributed by atoms with E-state index < -0.39 is 9.84 Å². The zero-order valence-electron chi connectivity index (χ0n) is 9.46. The van der Waals surface area contributed by atoms with Gasteiger partial charge in [0.05, 0.1) is 10.6 Å². The molecule has 0 radical (unpaired) electrons. The number of sulfone groups is 1. The number of halogens is 1. The zero-order chi connectivity index (χ0) is 12.0. The molecule has 96 valence electrons. The first kappa shape index (κ1) is 16.2. The Morgan fingerprint density at radius 1 is 1.35 bits per heavy atom. The van der Waals surface area contributed by atoms with Crippen LogP contribution in [0.5, 0.6) is 0 Å². The summed E-state index contributed by atoms with van der Waals surface area (Å²) >= 11 is 0. The van der Waals surface area contributed by atoms with Crippen molar-refractivity contribution in [1.82, 2.24) is 5.32 Å². The zero-order valence-corrected chi connectivity index (χ0v) is 12.6. The molecule has 0 bridgehead atoms. The Labute approximate surface area is 118 Å². The highest BCUT2D eigenvalue weighted by Crippen LogP contribution is 2.08. The van der Waals surface area contributed by atoms with Crippen LogP contribution in [-0.4, -0.2) is 33.7 Å². The summed E-state index contributed by atoms with van der Waals surface area (Å²) in [6.07, 6.45) is 0. The summed E-state index contributed by atoms with van der Waals surface area (Å²) in [7, 11) is -1.70. The molecule has 0 saturated heterocycles. The summed E-state index contributed by atoms with van der Waals surface area (Å²) in [5.41, 5.74) is 5.39. The van der Waals surface area contributed by atoms with Crippen molar-refractivity contribution in [3.05, 3.63) is 30.3 Å². The molecule has 3 N–H and O–H groups in total. The first-order chi connectivity index (χ1) is 7.56. The molecule has 0 saturated carbocycles. The van der Waals surface area contributed by atoms with Crippen LogP contribution in [0.4, 0.5) is 0 Å². The number of nitrogens with zero attached hydrogens (tertiary/aromatic N) is 1. The predicted octanol–water partition coefficient (Wildman–Crippen LogP) is 0.612. The molecular formula is C10H16IN3O2S. The highest BCUT2D eigenvalue weighted by Gasteiger charge is 2.12. The maximum atomic E-state index is 11.8. The molecule has 0 aliphatic heterocycles. The van der Waals surface area contributed by atoms with Crippen LogP contribution in [0.3, 0.4) is 0 Å². The van der Waals surface area contributed by atoms with Crippen LogP contribution < -0.4 is 11.1 Å². The van der Waals surface area contributed by atoms with Gasteiger partial charge in [-0.2, -0.15) is 0 Å². The van der Waals surface area contributed by atoms with Crippen LogP contribution in [0.1, 0.15) is 0 Å². The Balaban J connectivity index is 0.00000256. The van der Waals surface area contributed by atoms with Crippen LogP contribution in [0.25, 0.3) is 0 Å². The van der Waals surface area contributed by atoms with E-state index in [-0.39, 0.29) is 42.2 Å². The fourth-order valence-corrected chi connectivity index (χ4v) is 2.32. The van der Waals surface area contributed by atoms with E-state index in [0.717, 1.165) is 0 Å². The Hall–Kier alpha value is -0.830. The molecule has 0 fully saturated rings. The molecule has 0 heterocycles. The van der Waals surface area contributed by atoms with E-state index in [1.807, 2.05) is 0 Å². The first-order valence-corrected chi connectivity index (χ1v) is 6.45. The van der Waals surface area contributed by atoms with E-state index in [9.17, 15) is 8.42 Å². The van der Waals surface area contributed by atoms with E-state index in [0.29, 0.717) is 4.90 Å². The maximum absolute atomic E-state index is 11.8. The molecule has 0 spiro atoms. The Morgan fingerprint density at radius 2 is 1.94 bits per heavy atom. The van der Waals surface area contributed by atoms with Crippen molar-refractivity contribution in [2.45, 2.75) is 4.90 Å². The van der Waals surface area contributed by atoms with Gasteiger partial charge in [0, 0.05) is 13.6 Å². The van der Waals surface area contributed by atoms with Gasteiger partial charge in [0.15, 0.2) is 15.8 Å². The van der Waals surface area contributed by atoms with Crippen molar-refractivity contribution in [2.75, 3.05) is 19.3 Å². The molecule has 0 aromatic heterocycles. The molecule has 0 amide bonds. The number of hydrogen-bond acceptors (Lipinski definition) is 3. The highest BCUT2D eigenvalue weighted by atomic mass is 127. The second-order valence-corrected chi connectivity index (χ2v) is 5.28. The number of guanidine groups is 1. The maximum Gasteiger partial charge on any atom is 0.188 e. The number of rotatable bonds is 4. The van der Waals surface area contributed by atoms with Gasteiger partial charge in [0.25, 0.3) is 0 Å². The molecule has 5 nitrogen and oxygen atoms in total. The number of benzene rings is 1. The van der Waals surface area contributed by atoms with Crippen molar-refractivity contribution >= 4 is 39.8 Å². The summed E-state index contributed by atoms with van der Waals surface area (Å²) < 4.78 is 23.6. The van der Waals surface area contributed by atoms with Gasteiger partial charge in [-0.15, -0.1) is 24.0 Å². The molecule has 0 aliphatic carbocycles. The summed E-state index contributed by atoms with van der Waals surface area (Å²) in [5, 5.41) is 2.71. The fraction of sp³-hybridized carbons (Fsp3) is 0.300. The van der Waals surface area contributed by atoms with Crippen LogP contribution in [-0.2, 0) is 9.84 Å². The number of aliphatic imine (C=N–C) groups is 1. The van der Waals surface area contributed by atoms with Crippen LogP contribution >= 0.6 is 24.0 Å². The Bertz CT molecular complexity index is 460. The molecule has 0 unspecified atom stereocenters. The third kappa shape index (κ3) is 5.35. The van der Waals surface area contributed by atoms with E-state index in [1.165, 1.54) is 7.05 Å². The largest absolute Gasteiger partial charge is 0.370 e. The molecular weight excluding hydrogens is 353 g/mol. The minimum atomic E-state index is -3.24. The lowest BCUT2D eigenvalue weighted by molar-refractivity contribution is 0.595. The number of nitrogens with two attached hydrogens (primary N) is 1. The van der Waals surface area contributed by atoms with E-state index >= 15 is 0 Å². The van der Waals surface area contributed by atoms with Gasteiger partial charge in [-0.1, -0.05) is 18.2 Å². The lowest BCUT2D eigenvalue weighted by Gasteiger charge is -2.06. The quantitative estimate of drug-likeness (QED) is 0.463. The standard InChI is InChI=1S/C10H15N3O2S.HI/c1-12-10(11)13-7-8-16(14,15)9-5-3-2-4-6-9;/h2-6H,7-8H2,1H3,(H3,11,12,13);1H. The van der Waals surface area contributed by atoms with Gasteiger partial charge >= 0.3 is 0 Å². The molecule has 1 aromatic rings. The minimum Gasteiger partial charge on any atom is -0.370 e. The average molecular weight is 369 g/mol. The molecule has 0 aliphatic rings. The lowest BCUT2D eigenvalue weighted by Crippen LogP contribution is -2.34. The lowest BCUT2D eigenvalue weighted by atomic mass is 10.4. The third-order valence-corrected chi connectivity index (χ3v) is 3.75. The van der Waals surface area contributed by atoms with Crippen LogP contribution in [0.2, 0.25) is 0 Å². The predicted molar refractivity (Wildman–Crippen MR) is 79.5 cm³/mol. The molecule has 7 heteroatoms. The Morgan fingerprint density at radius 3 is 2.47 bits per heavy atom. The van der Waals surface area contributed by atoms with Crippen LogP contribution in [0.15, 0.2) is 40.2 Å². The van der Waals surface area contributed by atoms with Gasteiger partial charge in [-0.25, -0.2) is 8.42 Å². The molecule has 17 heavy (non-hydrogen) atoms. The van der Waals surface area contributed by atoms with E-state index in [4.69, 9.17) is 5.73 Å². The normalized spacial score (nSPS) is 11.7. The topological polar surface area (TPSA) is 84.5 Å². The highest BCUT2D eigenvalue weighted by molar-refractivity contribution is 14.0. The Kier molecular flexibility index (Phi) is 7.12. The van der Waals surface area contributed by atoms with Crippen LogP contribution in [0, 0.1) is 0 Å². The van der Waals surface area contributed by atoms with Gasteiger partial charge in [0.1, 0.15) is 0 Å². The summed E-state index contributed by atoms with van der Waals surface area (Å²) in [6.45, 7) is 0.250. The summed E-state index contributed by atoms with van der Waals surface area (Å²) in [5.74, 6) is 0.232. The van der Waals surface area contributed by atoms with Crippen molar-refractivity contribution < 1.29 is 8.42 Å². The van der Waals surface area contributed by atoms with Crippen molar-refractivity contribution in [3.8, 4) is 0 Å². The average Bonchev–Trinajstić information content (AvgIpc) is 2.30. The van der Waals surface area contributed by atoms with E-state index in [1.54, 1.807) is 30.3 Å². The van der Waals surface area contributed by atoms with Crippen molar-refractivity contribution in [3.63, 3.8) is 0 Å². The fourth-order valence-electron chi connectivity index (χ4n) is 1.14. The summed E-state index contributed by atoms with van der Waals surface area (Å²) in [4.78, 5) is 3.99. The van der Waals surface area contributed by atoms with Gasteiger partial charge < -0.3 is 11.1 Å².